The van der Waals surface area contributed by atoms with Gasteiger partial charge in [-0.15, -0.1) is 11.6 Å². The van der Waals surface area contributed by atoms with Crippen LogP contribution in [0.15, 0.2) is 18.3 Å². The minimum Gasteiger partial charge on any atom is -0.341 e. The second-order valence-corrected chi connectivity index (χ2v) is 4.83. The Hall–Kier alpha value is -1.62. The molecule has 6 heteroatoms. The number of halogens is 1. The van der Waals surface area contributed by atoms with Gasteiger partial charge in [0.25, 0.3) is 0 Å². The number of nitrogens with zero attached hydrogens (tertiary/aromatic N) is 4. The summed E-state index contributed by atoms with van der Waals surface area (Å²) >= 11 is 5.96. The van der Waals surface area contributed by atoms with Crippen molar-refractivity contribution in [3.05, 3.63) is 24.2 Å². The van der Waals surface area contributed by atoms with E-state index < -0.39 is 0 Å². The van der Waals surface area contributed by atoms with Crippen LogP contribution in [0.4, 0.5) is 0 Å². The minimum atomic E-state index is -0.358. The van der Waals surface area contributed by atoms with E-state index in [-0.39, 0.29) is 17.8 Å². The molecule has 2 rings (SSSR count). The summed E-state index contributed by atoms with van der Waals surface area (Å²) in [6, 6.07) is 3.35. The molecular weight excluding hydrogens is 276 g/mol. The molecule has 0 radical (unpaired) electrons. The molecule has 1 unspecified atom stereocenters. The van der Waals surface area contributed by atoms with E-state index in [1.165, 1.54) is 0 Å². The van der Waals surface area contributed by atoms with E-state index >= 15 is 0 Å². The van der Waals surface area contributed by atoms with Gasteiger partial charge in [-0.3, -0.25) is 9.36 Å². The number of carbonyl (C=O) groups is 1. The maximum atomic E-state index is 12.5. The van der Waals surface area contributed by atoms with Crippen LogP contribution in [-0.2, 0) is 10.7 Å². The van der Waals surface area contributed by atoms with Crippen LogP contribution in [0, 0.1) is 0 Å². The zero-order chi connectivity index (χ0) is 14.7. The van der Waals surface area contributed by atoms with Crippen molar-refractivity contribution in [2.45, 2.75) is 32.7 Å². The first-order valence-electron chi connectivity index (χ1n) is 6.80. The second-order valence-electron chi connectivity index (χ2n) is 4.56. The summed E-state index contributed by atoms with van der Waals surface area (Å²) in [6.07, 6.45) is 1.70. The van der Waals surface area contributed by atoms with Crippen molar-refractivity contribution >= 4 is 28.7 Å². The average Bonchev–Trinajstić information content (AvgIpc) is 2.86. The number of imidazole rings is 1. The van der Waals surface area contributed by atoms with Gasteiger partial charge in [-0.25, -0.2) is 9.97 Å². The lowest BCUT2D eigenvalue weighted by Crippen LogP contribution is -2.36. The smallest absolute Gasteiger partial charge is 0.245 e. The Labute approximate surface area is 123 Å². The lowest BCUT2D eigenvalue weighted by atomic mass is 10.2. The monoisotopic (exact) mass is 294 g/mol. The fourth-order valence-electron chi connectivity index (χ4n) is 2.39. The first-order chi connectivity index (χ1) is 9.63. The zero-order valence-corrected chi connectivity index (χ0v) is 12.8. The van der Waals surface area contributed by atoms with E-state index in [1.807, 2.05) is 37.5 Å². The van der Waals surface area contributed by atoms with Crippen molar-refractivity contribution < 1.29 is 4.79 Å². The molecule has 1 amide bonds. The van der Waals surface area contributed by atoms with Crippen molar-refractivity contribution in [1.29, 1.82) is 0 Å². The highest BCUT2D eigenvalue weighted by atomic mass is 35.5. The van der Waals surface area contributed by atoms with Gasteiger partial charge in [0.1, 0.15) is 17.4 Å². The number of pyridine rings is 1. The topological polar surface area (TPSA) is 51.0 Å². The molecule has 0 saturated carbocycles. The van der Waals surface area contributed by atoms with E-state index in [0.29, 0.717) is 24.6 Å². The Morgan fingerprint density at radius 1 is 1.45 bits per heavy atom. The van der Waals surface area contributed by atoms with Crippen molar-refractivity contribution in [2.24, 2.45) is 0 Å². The van der Waals surface area contributed by atoms with Crippen LogP contribution in [0.1, 0.15) is 32.6 Å². The normalized spacial score (nSPS) is 12.6. The van der Waals surface area contributed by atoms with Gasteiger partial charge in [0.2, 0.25) is 5.91 Å². The first kappa shape index (κ1) is 14.8. The standard InChI is InChI=1S/C14H19ClN4O/c1-4-18(5-2)14(20)10(3)19-12(9-15)17-11-7-6-8-16-13(11)19/h6-8,10H,4-5,9H2,1-3H3. The zero-order valence-electron chi connectivity index (χ0n) is 12.0. The number of fused-ring (bicyclic) bond motifs is 1. The van der Waals surface area contributed by atoms with Crippen LogP contribution < -0.4 is 0 Å². The van der Waals surface area contributed by atoms with Crippen LogP contribution in [0.3, 0.4) is 0 Å². The van der Waals surface area contributed by atoms with Crippen LogP contribution in [0.2, 0.25) is 0 Å². The maximum Gasteiger partial charge on any atom is 0.245 e. The molecule has 0 spiro atoms. The summed E-state index contributed by atoms with van der Waals surface area (Å²) in [7, 11) is 0. The molecule has 0 N–H and O–H groups in total. The highest BCUT2D eigenvalue weighted by Gasteiger charge is 2.24. The molecule has 20 heavy (non-hydrogen) atoms. The molecule has 108 valence electrons. The van der Waals surface area contributed by atoms with Crippen LogP contribution in [-0.4, -0.2) is 38.4 Å². The summed E-state index contributed by atoms with van der Waals surface area (Å²) in [5.41, 5.74) is 1.47. The van der Waals surface area contributed by atoms with Gasteiger partial charge in [0, 0.05) is 19.3 Å². The van der Waals surface area contributed by atoms with Crippen molar-refractivity contribution in [3.63, 3.8) is 0 Å². The second kappa shape index (κ2) is 6.22. The fourth-order valence-corrected chi connectivity index (χ4v) is 2.58. The van der Waals surface area contributed by atoms with Gasteiger partial charge in [-0.2, -0.15) is 0 Å². The first-order valence-corrected chi connectivity index (χ1v) is 7.34. The molecule has 2 aromatic heterocycles. The molecule has 5 nitrogen and oxygen atoms in total. The fraction of sp³-hybridized carbons (Fsp3) is 0.500. The molecule has 0 aliphatic carbocycles. The molecule has 0 fully saturated rings. The van der Waals surface area contributed by atoms with Crippen LogP contribution in [0.5, 0.6) is 0 Å². The predicted molar refractivity (Wildman–Crippen MR) is 79.7 cm³/mol. The third-order valence-electron chi connectivity index (χ3n) is 3.46. The lowest BCUT2D eigenvalue weighted by molar-refractivity contribution is -0.133. The Balaban J connectivity index is 2.48. The number of likely N-dealkylation sites (N-methyl/N-ethyl adjacent to an activating group) is 1. The van der Waals surface area contributed by atoms with E-state index in [0.717, 1.165) is 5.52 Å². The van der Waals surface area contributed by atoms with Gasteiger partial charge in [0.15, 0.2) is 5.65 Å². The molecule has 0 saturated heterocycles. The maximum absolute atomic E-state index is 12.5. The van der Waals surface area contributed by atoms with Crippen molar-refractivity contribution in [2.75, 3.05) is 13.1 Å². The Morgan fingerprint density at radius 3 is 2.75 bits per heavy atom. The van der Waals surface area contributed by atoms with E-state index in [9.17, 15) is 4.79 Å². The molecular formula is C14H19ClN4O. The number of carbonyl (C=O) groups excluding carboxylic acids is 1. The number of rotatable bonds is 5. The molecule has 0 aromatic carbocycles. The Morgan fingerprint density at radius 2 is 2.15 bits per heavy atom. The number of amides is 1. The quantitative estimate of drug-likeness (QED) is 0.797. The van der Waals surface area contributed by atoms with Gasteiger partial charge < -0.3 is 4.90 Å². The lowest BCUT2D eigenvalue weighted by Gasteiger charge is -2.24. The molecule has 0 aliphatic rings. The highest BCUT2D eigenvalue weighted by Crippen LogP contribution is 2.22. The van der Waals surface area contributed by atoms with Gasteiger partial charge >= 0.3 is 0 Å². The highest BCUT2D eigenvalue weighted by molar-refractivity contribution is 6.16. The number of hydrogen-bond donors (Lipinski definition) is 0. The van der Waals surface area contributed by atoms with Crippen LogP contribution in [0.25, 0.3) is 11.2 Å². The molecule has 2 aromatic rings. The van der Waals surface area contributed by atoms with E-state index in [2.05, 4.69) is 9.97 Å². The third kappa shape index (κ3) is 2.50. The SMILES string of the molecule is CCN(CC)C(=O)C(C)n1c(CCl)nc2cccnc21. The molecule has 2 heterocycles. The third-order valence-corrected chi connectivity index (χ3v) is 3.70. The summed E-state index contributed by atoms with van der Waals surface area (Å²) < 4.78 is 1.84. The van der Waals surface area contributed by atoms with E-state index in [1.54, 1.807) is 11.1 Å². The predicted octanol–water partition coefficient (Wildman–Crippen LogP) is 2.60. The summed E-state index contributed by atoms with van der Waals surface area (Å²) in [6.45, 7) is 7.19. The van der Waals surface area contributed by atoms with Gasteiger partial charge in [-0.1, -0.05) is 0 Å². The minimum absolute atomic E-state index is 0.0614. The Bertz CT molecular complexity index is 606. The number of hydrogen-bond acceptors (Lipinski definition) is 3. The summed E-state index contributed by atoms with van der Waals surface area (Å²) in [5, 5.41) is 0. The molecule has 0 aliphatic heterocycles. The summed E-state index contributed by atoms with van der Waals surface area (Å²) in [4.78, 5) is 23.1. The van der Waals surface area contributed by atoms with Crippen LogP contribution >= 0.6 is 11.6 Å². The number of aromatic nitrogens is 3. The molecule has 0 bridgehead atoms. The van der Waals surface area contributed by atoms with Gasteiger partial charge in [-0.05, 0) is 32.9 Å². The van der Waals surface area contributed by atoms with Gasteiger partial charge in [0.05, 0.1) is 5.88 Å². The molecule has 1 atom stereocenters. The number of alkyl halides is 1. The summed E-state index contributed by atoms with van der Waals surface area (Å²) in [5.74, 6) is 0.992. The van der Waals surface area contributed by atoms with Crippen molar-refractivity contribution in [3.8, 4) is 0 Å². The van der Waals surface area contributed by atoms with Crippen molar-refractivity contribution in [1.82, 2.24) is 19.4 Å². The average molecular weight is 295 g/mol. The van der Waals surface area contributed by atoms with E-state index in [4.69, 9.17) is 11.6 Å². The Kier molecular flexibility index (Phi) is 4.60. The largest absolute Gasteiger partial charge is 0.341 e.